The van der Waals surface area contributed by atoms with Crippen molar-refractivity contribution in [1.29, 1.82) is 0 Å². The number of benzene rings is 2. The smallest absolute Gasteiger partial charge is 0.232 e. The molecule has 0 saturated carbocycles. The Kier molecular flexibility index (Phi) is 3.61. The van der Waals surface area contributed by atoms with Gasteiger partial charge in [-0.15, -0.1) is 0 Å². The molecule has 1 amide bonds. The third-order valence-electron chi connectivity index (χ3n) is 4.87. The molecule has 0 bridgehead atoms. The summed E-state index contributed by atoms with van der Waals surface area (Å²) in [6.45, 7) is 1.80. The van der Waals surface area contributed by atoms with Crippen LogP contribution in [0.25, 0.3) is 0 Å². The van der Waals surface area contributed by atoms with E-state index in [4.69, 9.17) is 4.74 Å². The van der Waals surface area contributed by atoms with Gasteiger partial charge in [-0.25, -0.2) is 8.42 Å². The minimum Gasteiger partial charge on any atom is -0.457 e. The second-order valence-electron chi connectivity index (χ2n) is 7.00. The van der Waals surface area contributed by atoms with E-state index in [1.54, 1.807) is 6.92 Å². The number of rotatable bonds is 2. The van der Waals surface area contributed by atoms with Crippen molar-refractivity contribution >= 4 is 15.7 Å². The largest absolute Gasteiger partial charge is 0.457 e. The average molecular weight is 357 g/mol. The van der Waals surface area contributed by atoms with Gasteiger partial charge in [-0.2, -0.15) is 0 Å². The number of carbonyl (C=O) groups is 1. The van der Waals surface area contributed by atoms with E-state index >= 15 is 0 Å². The summed E-state index contributed by atoms with van der Waals surface area (Å²) in [5, 5.41) is 2.99. The Morgan fingerprint density at radius 3 is 2.16 bits per heavy atom. The van der Waals surface area contributed by atoms with Gasteiger partial charge in [-0.3, -0.25) is 4.79 Å². The Morgan fingerprint density at radius 2 is 1.64 bits per heavy atom. The Bertz CT molecular complexity index is 908. The van der Waals surface area contributed by atoms with E-state index in [2.05, 4.69) is 5.32 Å². The van der Waals surface area contributed by atoms with Crippen LogP contribution in [0.3, 0.4) is 0 Å². The minimum atomic E-state index is -3.09. The van der Waals surface area contributed by atoms with Gasteiger partial charge in [-0.05, 0) is 25.5 Å². The molecule has 1 atom stereocenters. The molecule has 2 aliphatic heterocycles. The topological polar surface area (TPSA) is 72.5 Å². The number of carbonyl (C=O) groups excluding carboxylic acids is 1. The molecule has 1 fully saturated rings. The molecule has 2 aromatic carbocycles. The zero-order valence-corrected chi connectivity index (χ0v) is 14.7. The molecular weight excluding hydrogens is 338 g/mol. The van der Waals surface area contributed by atoms with Crippen molar-refractivity contribution in [2.75, 3.05) is 11.5 Å². The van der Waals surface area contributed by atoms with Crippen molar-refractivity contribution < 1.29 is 17.9 Å². The van der Waals surface area contributed by atoms with Crippen molar-refractivity contribution in [1.82, 2.24) is 5.32 Å². The Labute approximate surface area is 146 Å². The molecule has 0 radical (unpaired) electrons. The number of ether oxygens (including phenoxy) is 1. The lowest BCUT2D eigenvalue weighted by molar-refractivity contribution is -0.123. The van der Waals surface area contributed by atoms with Gasteiger partial charge < -0.3 is 10.1 Å². The SMILES string of the molecule is C[C@]1(NC(=O)C2c3ccccc3Oc3ccccc32)CCS(=O)(=O)C1. The fourth-order valence-electron chi connectivity index (χ4n) is 3.67. The number of sulfone groups is 1. The second kappa shape index (κ2) is 5.59. The molecule has 4 rings (SSSR count). The first-order valence-corrected chi connectivity index (χ1v) is 10.1. The molecule has 0 aliphatic carbocycles. The van der Waals surface area contributed by atoms with Crippen molar-refractivity contribution in [3.63, 3.8) is 0 Å². The minimum absolute atomic E-state index is 0.0156. The lowest BCUT2D eigenvalue weighted by Crippen LogP contribution is -2.49. The van der Waals surface area contributed by atoms with E-state index in [0.29, 0.717) is 17.9 Å². The van der Waals surface area contributed by atoms with Crippen LogP contribution in [-0.4, -0.2) is 31.4 Å². The third kappa shape index (κ3) is 2.91. The number of nitrogens with one attached hydrogen (secondary N) is 1. The summed E-state index contributed by atoms with van der Waals surface area (Å²) in [7, 11) is -3.09. The average Bonchev–Trinajstić information content (AvgIpc) is 2.85. The predicted molar refractivity (Wildman–Crippen MR) is 94.6 cm³/mol. The third-order valence-corrected chi connectivity index (χ3v) is 6.77. The summed E-state index contributed by atoms with van der Waals surface area (Å²) in [6, 6.07) is 14.9. The first-order valence-electron chi connectivity index (χ1n) is 8.25. The van der Waals surface area contributed by atoms with Crippen LogP contribution in [0.5, 0.6) is 11.5 Å². The van der Waals surface area contributed by atoms with Gasteiger partial charge in [0.25, 0.3) is 0 Å². The summed E-state index contributed by atoms with van der Waals surface area (Å²) in [6.07, 6.45) is 0.438. The van der Waals surface area contributed by atoms with Crippen molar-refractivity contribution in [2.45, 2.75) is 24.8 Å². The van der Waals surface area contributed by atoms with Gasteiger partial charge in [0.2, 0.25) is 5.91 Å². The van der Waals surface area contributed by atoms with Crippen LogP contribution in [-0.2, 0) is 14.6 Å². The number of para-hydroxylation sites is 2. The van der Waals surface area contributed by atoms with E-state index in [0.717, 1.165) is 11.1 Å². The Hall–Kier alpha value is -2.34. The van der Waals surface area contributed by atoms with Crippen LogP contribution in [0.1, 0.15) is 30.4 Å². The van der Waals surface area contributed by atoms with Crippen LogP contribution in [0, 0.1) is 0 Å². The molecule has 1 N–H and O–H groups in total. The fourth-order valence-corrected chi connectivity index (χ4v) is 5.76. The van der Waals surface area contributed by atoms with Crippen LogP contribution >= 0.6 is 0 Å². The number of hydrogen-bond donors (Lipinski definition) is 1. The highest BCUT2D eigenvalue weighted by Gasteiger charge is 2.42. The maximum absolute atomic E-state index is 13.1. The molecular formula is C19H19NO4S. The summed E-state index contributed by atoms with van der Waals surface area (Å²) in [4.78, 5) is 13.1. The van der Waals surface area contributed by atoms with E-state index in [1.165, 1.54) is 0 Å². The molecule has 2 aromatic rings. The molecule has 25 heavy (non-hydrogen) atoms. The normalized spacial score (nSPS) is 24.0. The van der Waals surface area contributed by atoms with Gasteiger partial charge in [0.05, 0.1) is 23.0 Å². The molecule has 130 valence electrons. The lowest BCUT2D eigenvalue weighted by Gasteiger charge is -2.31. The number of amides is 1. The first kappa shape index (κ1) is 16.1. The molecule has 0 unspecified atom stereocenters. The molecule has 0 aromatic heterocycles. The predicted octanol–water partition coefficient (Wildman–Crippen LogP) is 2.62. The van der Waals surface area contributed by atoms with E-state index in [-0.39, 0.29) is 17.4 Å². The quantitative estimate of drug-likeness (QED) is 0.897. The molecule has 2 heterocycles. The maximum Gasteiger partial charge on any atom is 0.232 e. The van der Waals surface area contributed by atoms with Crippen LogP contribution in [0.2, 0.25) is 0 Å². The van der Waals surface area contributed by atoms with Gasteiger partial charge >= 0.3 is 0 Å². The lowest BCUT2D eigenvalue weighted by atomic mass is 9.86. The first-order chi connectivity index (χ1) is 11.9. The maximum atomic E-state index is 13.1. The van der Waals surface area contributed by atoms with Gasteiger partial charge in [0.1, 0.15) is 11.5 Å². The summed E-state index contributed by atoms with van der Waals surface area (Å²) in [5.41, 5.74) is 0.865. The zero-order chi connectivity index (χ0) is 17.7. The number of fused-ring (bicyclic) bond motifs is 2. The summed E-state index contributed by atoms with van der Waals surface area (Å²) >= 11 is 0. The van der Waals surface area contributed by atoms with Crippen LogP contribution in [0.15, 0.2) is 48.5 Å². The highest BCUT2D eigenvalue weighted by atomic mass is 32.2. The standard InChI is InChI=1S/C19H19NO4S/c1-19(10-11-25(22,23)12-19)20-18(21)17-13-6-2-4-8-15(13)24-16-9-5-3-7-14(16)17/h2-9,17H,10-12H2,1H3,(H,20,21)/t19-/m0/s1. The summed E-state index contributed by atoms with van der Waals surface area (Å²) < 4.78 is 29.6. The molecule has 1 saturated heterocycles. The summed E-state index contributed by atoms with van der Waals surface area (Å²) in [5.74, 6) is 0.711. The van der Waals surface area contributed by atoms with Crippen LogP contribution < -0.4 is 10.1 Å². The molecule has 2 aliphatic rings. The fraction of sp³-hybridized carbons (Fsp3) is 0.316. The van der Waals surface area contributed by atoms with Crippen molar-refractivity contribution in [2.24, 2.45) is 0 Å². The van der Waals surface area contributed by atoms with Crippen LogP contribution in [0.4, 0.5) is 0 Å². The highest BCUT2D eigenvalue weighted by Crippen LogP contribution is 2.44. The van der Waals surface area contributed by atoms with Gasteiger partial charge in [0.15, 0.2) is 9.84 Å². The second-order valence-corrected chi connectivity index (χ2v) is 9.19. The molecule has 0 spiro atoms. The highest BCUT2D eigenvalue weighted by molar-refractivity contribution is 7.91. The van der Waals surface area contributed by atoms with Gasteiger partial charge in [0, 0.05) is 11.1 Å². The monoisotopic (exact) mass is 357 g/mol. The van der Waals surface area contributed by atoms with Crippen molar-refractivity contribution in [3.05, 3.63) is 59.7 Å². The molecule has 6 heteroatoms. The van der Waals surface area contributed by atoms with E-state index < -0.39 is 21.3 Å². The van der Waals surface area contributed by atoms with Gasteiger partial charge in [-0.1, -0.05) is 36.4 Å². The number of hydrogen-bond acceptors (Lipinski definition) is 4. The molecule has 5 nitrogen and oxygen atoms in total. The van der Waals surface area contributed by atoms with E-state index in [9.17, 15) is 13.2 Å². The van der Waals surface area contributed by atoms with E-state index in [1.807, 2.05) is 48.5 Å². The Balaban J connectivity index is 1.71. The van der Waals surface area contributed by atoms with Crippen molar-refractivity contribution in [3.8, 4) is 11.5 Å². The zero-order valence-electron chi connectivity index (χ0n) is 13.9. The Morgan fingerprint density at radius 1 is 1.08 bits per heavy atom.